The largest absolute Gasteiger partial charge is 0.472 e. The number of phosphoric acid groups is 2. The van der Waals surface area contributed by atoms with E-state index in [1.165, 1.54) is 128 Å². The number of ether oxygens (including phenoxy) is 4. The van der Waals surface area contributed by atoms with Crippen LogP contribution in [0.5, 0.6) is 0 Å². The summed E-state index contributed by atoms with van der Waals surface area (Å²) in [7, 11) is -9.94. The Hall–Kier alpha value is -3.50. The van der Waals surface area contributed by atoms with Crippen molar-refractivity contribution in [3.8, 4) is 0 Å². The van der Waals surface area contributed by atoms with Gasteiger partial charge in [0, 0.05) is 25.7 Å². The second-order valence-corrected chi connectivity index (χ2v) is 29.2. The Kier molecular flexibility index (Phi) is 69.3. The summed E-state index contributed by atoms with van der Waals surface area (Å²) in [5.41, 5.74) is 0. The van der Waals surface area contributed by atoms with Crippen LogP contribution in [0, 0.1) is 0 Å². The molecule has 0 rings (SSSR count). The molecule has 0 bridgehead atoms. The Morgan fingerprint density at radius 2 is 0.531 bits per heavy atom. The summed E-state index contributed by atoms with van der Waals surface area (Å²) in [6.07, 6.45) is 71.7. The topological polar surface area (TPSA) is 237 Å². The van der Waals surface area contributed by atoms with Gasteiger partial charge in [0.05, 0.1) is 26.4 Å². The zero-order chi connectivity index (χ0) is 71.8. The average molecular weight is 1430 g/mol. The molecule has 0 fully saturated rings. The van der Waals surface area contributed by atoms with Gasteiger partial charge in [-0.2, -0.15) is 0 Å². The van der Waals surface area contributed by atoms with Crippen LogP contribution in [0.25, 0.3) is 0 Å². The quantitative estimate of drug-likeness (QED) is 0.0169. The van der Waals surface area contributed by atoms with Gasteiger partial charge in [0.2, 0.25) is 0 Å². The summed E-state index contributed by atoms with van der Waals surface area (Å²) in [5, 5.41) is 10.6. The van der Waals surface area contributed by atoms with Gasteiger partial charge < -0.3 is 33.8 Å². The van der Waals surface area contributed by atoms with E-state index < -0.39 is 97.5 Å². The molecule has 0 saturated carbocycles. The minimum absolute atomic E-state index is 0.0923. The number of carbonyl (C=O) groups excluding carboxylic acids is 4. The molecule has 3 N–H and O–H groups in total. The molecule has 17 nitrogen and oxygen atoms in total. The normalized spacial score (nSPS) is 14.3. The predicted molar refractivity (Wildman–Crippen MR) is 400 cm³/mol. The summed E-state index contributed by atoms with van der Waals surface area (Å²) in [4.78, 5) is 72.8. The number of phosphoric ester groups is 2. The van der Waals surface area contributed by atoms with Gasteiger partial charge in [0.25, 0.3) is 0 Å². The van der Waals surface area contributed by atoms with E-state index >= 15 is 0 Å². The molecule has 0 radical (unpaired) electrons. The molecule has 0 aromatic heterocycles. The van der Waals surface area contributed by atoms with E-state index in [4.69, 9.17) is 37.0 Å². The number of hydrogen-bond acceptors (Lipinski definition) is 15. The van der Waals surface area contributed by atoms with Crippen LogP contribution >= 0.6 is 15.6 Å². The van der Waals surface area contributed by atoms with Crippen LogP contribution in [0.2, 0.25) is 0 Å². The monoisotopic (exact) mass is 1420 g/mol. The van der Waals surface area contributed by atoms with Crippen LogP contribution in [0.15, 0.2) is 72.9 Å². The highest BCUT2D eigenvalue weighted by molar-refractivity contribution is 7.47. The fourth-order valence-corrected chi connectivity index (χ4v) is 12.3. The lowest BCUT2D eigenvalue weighted by Gasteiger charge is -2.21. The van der Waals surface area contributed by atoms with Crippen molar-refractivity contribution in [2.24, 2.45) is 0 Å². The third kappa shape index (κ3) is 70.9. The maximum atomic E-state index is 13.1. The van der Waals surface area contributed by atoms with Crippen LogP contribution in [-0.2, 0) is 65.4 Å². The molecule has 5 unspecified atom stereocenters. The Balaban J connectivity index is 5.31. The molecule has 0 amide bonds. The molecule has 0 aliphatic carbocycles. The highest BCUT2D eigenvalue weighted by atomic mass is 31.2. The lowest BCUT2D eigenvalue weighted by Crippen LogP contribution is -2.30. The van der Waals surface area contributed by atoms with Crippen molar-refractivity contribution in [3.05, 3.63) is 72.9 Å². The second kappa shape index (κ2) is 71.9. The summed E-state index contributed by atoms with van der Waals surface area (Å²) < 4.78 is 68.5. The number of hydrogen-bond donors (Lipinski definition) is 3. The fourth-order valence-electron chi connectivity index (χ4n) is 10.7. The molecule has 0 aromatic rings. The highest BCUT2D eigenvalue weighted by Crippen LogP contribution is 2.45. The smallest absolute Gasteiger partial charge is 0.462 e. The van der Waals surface area contributed by atoms with E-state index in [0.717, 1.165) is 141 Å². The number of carbonyl (C=O) groups is 4. The zero-order valence-corrected chi connectivity index (χ0v) is 64.0. The Labute approximate surface area is 596 Å². The molecule has 0 aromatic carbocycles. The zero-order valence-electron chi connectivity index (χ0n) is 62.2. The van der Waals surface area contributed by atoms with Gasteiger partial charge in [-0.15, -0.1) is 0 Å². The number of rotatable bonds is 74. The molecule has 570 valence electrons. The first-order valence-electron chi connectivity index (χ1n) is 39.2. The van der Waals surface area contributed by atoms with E-state index in [-0.39, 0.29) is 25.7 Å². The molecule has 0 spiro atoms. The van der Waals surface area contributed by atoms with Crippen LogP contribution in [0.4, 0.5) is 0 Å². The van der Waals surface area contributed by atoms with Gasteiger partial charge in [-0.3, -0.25) is 37.3 Å². The predicted octanol–water partition coefficient (Wildman–Crippen LogP) is 22.4. The Morgan fingerprint density at radius 3 is 0.837 bits per heavy atom. The maximum absolute atomic E-state index is 13.1. The molecule has 19 heteroatoms. The highest BCUT2D eigenvalue weighted by Gasteiger charge is 2.30. The summed E-state index contributed by atoms with van der Waals surface area (Å²) in [5.74, 6) is -2.19. The average Bonchev–Trinajstić information content (AvgIpc) is 0.972. The van der Waals surface area contributed by atoms with Gasteiger partial charge in [-0.05, 0) is 96.3 Å². The van der Waals surface area contributed by atoms with E-state index in [1.807, 2.05) is 0 Å². The standard InChI is InChI=1S/C79H142O17P2/c1-5-9-13-17-21-25-29-32-34-35-36-37-39-42-45-48-52-56-60-64-77(82)90-70-75(96-79(84)66-62-58-54-50-46-40-31-27-23-19-15-11-7-3)72-94-98(87,88)92-68-73(80)67-91-97(85,86)93-71-74(95-78(83)65-61-57-53-49-43-28-24-20-16-12-8-4)69-89-76(81)63-59-55-51-47-44-41-38-33-30-26-22-18-14-10-6-2/h9,13,21,25,32-34,36-38,42,45,73-75,80H,5-8,10-12,14-20,22-24,26-31,35,39-41,43-44,46-72H2,1-4H3,(H,85,86)(H,87,88)/b13-9-,25-21-,34-32-,37-36-,38-33-,45-42-. The van der Waals surface area contributed by atoms with Crippen molar-refractivity contribution in [1.82, 2.24) is 0 Å². The Bertz CT molecular complexity index is 2140. The van der Waals surface area contributed by atoms with Gasteiger partial charge in [0.15, 0.2) is 12.2 Å². The van der Waals surface area contributed by atoms with Crippen LogP contribution in [0.1, 0.15) is 349 Å². The van der Waals surface area contributed by atoms with Crippen molar-refractivity contribution >= 4 is 39.5 Å². The summed E-state index contributed by atoms with van der Waals surface area (Å²) in [6.45, 7) is 4.75. The van der Waals surface area contributed by atoms with Crippen molar-refractivity contribution in [2.45, 2.75) is 367 Å². The van der Waals surface area contributed by atoms with Crippen LogP contribution < -0.4 is 0 Å². The first kappa shape index (κ1) is 94.5. The molecule has 98 heavy (non-hydrogen) atoms. The van der Waals surface area contributed by atoms with E-state index in [2.05, 4.69) is 101 Å². The third-order valence-corrected chi connectivity index (χ3v) is 18.6. The lowest BCUT2D eigenvalue weighted by molar-refractivity contribution is -0.161. The first-order chi connectivity index (χ1) is 47.7. The van der Waals surface area contributed by atoms with Crippen LogP contribution in [0.3, 0.4) is 0 Å². The van der Waals surface area contributed by atoms with E-state index in [1.54, 1.807) is 0 Å². The van der Waals surface area contributed by atoms with Gasteiger partial charge in [0.1, 0.15) is 19.3 Å². The minimum Gasteiger partial charge on any atom is -0.462 e. The molecule has 0 aliphatic rings. The molecule has 0 aliphatic heterocycles. The molecule has 0 heterocycles. The molecular formula is C79H142O17P2. The van der Waals surface area contributed by atoms with Crippen molar-refractivity contribution in [3.63, 3.8) is 0 Å². The van der Waals surface area contributed by atoms with Crippen LogP contribution in [-0.4, -0.2) is 96.7 Å². The SMILES string of the molecule is CC/C=C\C/C=C\C/C=C\C/C=C\C/C=C\CCCCCC(=O)OCC(COP(=O)(O)OCC(O)COP(=O)(O)OCC(COC(=O)CCCCCCC/C=C\CCCCCCCC)OC(=O)CCCCCCCCCCCCC)OC(=O)CCCCCCCCCCCCCCC. The first-order valence-corrected chi connectivity index (χ1v) is 42.2. The number of aliphatic hydroxyl groups excluding tert-OH is 1. The van der Waals surface area contributed by atoms with Crippen molar-refractivity contribution < 1.29 is 80.2 Å². The third-order valence-electron chi connectivity index (χ3n) is 16.7. The summed E-state index contributed by atoms with van der Waals surface area (Å²) >= 11 is 0. The van der Waals surface area contributed by atoms with Gasteiger partial charge in [-0.25, -0.2) is 9.13 Å². The van der Waals surface area contributed by atoms with Crippen molar-refractivity contribution in [2.75, 3.05) is 39.6 Å². The van der Waals surface area contributed by atoms with Crippen molar-refractivity contribution in [1.29, 1.82) is 0 Å². The number of unbranched alkanes of at least 4 members (excludes halogenated alkanes) is 36. The summed E-state index contributed by atoms with van der Waals surface area (Å²) in [6, 6.07) is 0. The van der Waals surface area contributed by atoms with E-state index in [9.17, 15) is 43.2 Å². The number of aliphatic hydroxyl groups is 1. The Morgan fingerprint density at radius 1 is 0.296 bits per heavy atom. The van der Waals surface area contributed by atoms with Gasteiger partial charge in [-0.1, -0.05) is 300 Å². The van der Waals surface area contributed by atoms with E-state index in [0.29, 0.717) is 25.7 Å². The molecule has 5 atom stereocenters. The molecular weight excluding hydrogens is 1280 g/mol. The fraction of sp³-hybridized carbons (Fsp3) is 0.797. The second-order valence-electron chi connectivity index (χ2n) is 26.3. The molecule has 0 saturated heterocycles. The maximum Gasteiger partial charge on any atom is 0.472 e. The number of esters is 4. The lowest BCUT2D eigenvalue weighted by atomic mass is 10.0. The number of allylic oxidation sites excluding steroid dienone is 12. The minimum atomic E-state index is -4.97. The van der Waals surface area contributed by atoms with Gasteiger partial charge >= 0.3 is 39.5 Å².